The molecule has 4 nitrogen and oxygen atoms in total. The second-order valence-electron chi connectivity index (χ2n) is 7.35. The van der Waals surface area contributed by atoms with Crippen LogP contribution in [0.2, 0.25) is 0 Å². The van der Waals surface area contributed by atoms with Crippen LogP contribution in [-0.2, 0) is 0 Å². The fraction of sp³-hybridized carbons (Fsp3) is 0.500. The second kappa shape index (κ2) is 10.2. The van der Waals surface area contributed by atoms with Crippen molar-refractivity contribution in [2.75, 3.05) is 7.11 Å². The molecule has 1 rings (SSSR count). The minimum absolute atomic E-state index is 0.0138. The molecule has 0 aliphatic carbocycles. The molecular weight excluding hydrogens is 328 g/mol. The van der Waals surface area contributed by atoms with Gasteiger partial charge in [-0.05, 0) is 65.5 Å². The fourth-order valence-electron chi connectivity index (χ4n) is 2.83. The zero-order valence-electron chi connectivity index (χ0n) is 16.6. The molecule has 0 unspecified atom stereocenters. The van der Waals surface area contributed by atoms with Crippen molar-refractivity contribution in [2.24, 2.45) is 0 Å². The van der Waals surface area contributed by atoms with Gasteiger partial charge in [0, 0.05) is 12.5 Å². The van der Waals surface area contributed by atoms with Crippen LogP contribution in [0.4, 0.5) is 0 Å². The molecule has 1 aromatic rings. The van der Waals surface area contributed by atoms with Gasteiger partial charge in [-0.25, -0.2) is 0 Å². The summed E-state index contributed by atoms with van der Waals surface area (Å²) in [5, 5.41) is 21.2. The van der Waals surface area contributed by atoms with E-state index in [-0.39, 0.29) is 23.5 Å². The van der Waals surface area contributed by atoms with Crippen molar-refractivity contribution in [3.8, 4) is 11.5 Å². The number of benzene rings is 1. The average molecular weight is 360 g/mol. The maximum absolute atomic E-state index is 12.7. The highest BCUT2D eigenvalue weighted by Crippen LogP contribution is 2.30. The molecule has 0 saturated heterocycles. The monoisotopic (exact) mass is 360 g/mol. The molecule has 0 radical (unpaired) electrons. The summed E-state index contributed by atoms with van der Waals surface area (Å²) in [6, 6.07) is 4.60. The second-order valence-corrected chi connectivity index (χ2v) is 7.35. The summed E-state index contributed by atoms with van der Waals surface area (Å²) in [7, 11) is 1.50. The van der Waals surface area contributed by atoms with Gasteiger partial charge >= 0.3 is 0 Å². The molecule has 2 N–H and O–H groups in total. The Morgan fingerprint density at radius 1 is 1.08 bits per heavy atom. The summed E-state index contributed by atoms with van der Waals surface area (Å²) < 4.78 is 5.05. The summed E-state index contributed by atoms with van der Waals surface area (Å²) in [4.78, 5) is 12.7. The fourth-order valence-corrected chi connectivity index (χ4v) is 2.83. The first-order chi connectivity index (χ1) is 12.2. The van der Waals surface area contributed by atoms with Crippen molar-refractivity contribution in [1.29, 1.82) is 0 Å². The van der Waals surface area contributed by atoms with Crippen molar-refractivity contribution in [3.05, 3.63) is 47.1 Å². The minimum Gasteiger partial charge on any atom is -0.507 e. The highest BCUT2D eigenvalue weighted by molar-refractivity contribution is 5.99. The van der Waals surface area contributed by atoms with Crippen molar-refractivity contribution < 1.29 is 19.7 Å². The van der Waals surface area contributed by atoms with E-state index in [2.05, 4.69) is 12.2 Å². The maximum atomic E-state index is 12.7. The van der Waals surface area contributed by atoms with E-state index in [1.54, 1.807) is 12.1 Å². The van der Waals surface area contributed by atoms with E-state index in [1.165, 1.54) is 24.3 Å². The molecule has 4 heteroatoms. The molecule has 144 valence electrons. The first-order valence-corrected chi connectivity index (χ1v) is 9.06. The Bertz CT molecular complexity index is 641. The van der Waals surface area contributed by atoms with E-state index in [0.717, 1.165) is 12.8 Å². The molecule has 26 heavy (non-hydrogen) atoms. The lowest BCUT2D eigenvalue weighted by Gasteiger charge is -2.27. The van der Waals surface area contributed by atoms with E-state index in [1.807, 2.05) is 27.7 Å². The number of ether oxygens (including phenoxy) is 1. The third-order valence-electron chi connectivity index (χ3n) is 4.32. The average Bonchev–Trinajstić information content (AvgIpc) is 2.53. The third-order valence-corrected chi connectivity index (χ3v) is 4.32. The van der Waals surface area contributed by atoms with E-state index >= 15 is 0 Å². The topological polar surface area (TPSA) is 66.8 Å². The van der Waals surface area contributed by atoms with Crippen LogP contribution in [0.3, 0.4) is 0 Å². The number of ketones is 1. The molecule has 0 spiro atoms. The lowest BCUT2D eigenvalue weighted by Crippen LogP contribution is -2.31. The molecule has 0 aromatic heterocycles. The summed E-state index contributed by atoms with van der Waals surface area (Å²) in [6.07, 6.45) is 6.59. The SMILES string of the molecule is COc1ccc(C(=O)CC(O)(CCC=C(C)C)CCC=C(C)C)c(O)c1. The molecule has 1 aromatic carbocycles. The lowest BCUT2D eigenvalue weighted by atomic mass is 9.85. The van der Waals surface area contributed by atoms with Gasteiger partial charge < -0.3 is 14.9 Å². The molecule has 0 amide bonds. The third kappa shape index (κ3) is 7.44. The Balaban J connectivity index is 2.93. The van der Waals surface area contributed by atoms with Gasteiger partial charge in [0.25, 0.3) is 0 Å². The van der Waals surface area contributed by atoms with Gasteiger partial charge in [-0.2, -0.15) is 0 Å². The Hall–Kier alpha value is -2.07. The predicted octanol–water partition coefficient (Wildman–Crippen LogP) is 5.20. The van der Waals surface area contributed by atoms with Gasteiger partial charge in [0.1, 0.15) is 11.5 Å². The first kappa shape index (κ1) is 22.0. The van der Waals surface area contributed by atoms with Gasteiger partial charge in [-0.1, -0.05) is 23.3 Å². The van der Waals surface area contributed by atoms with E-state index in [0.29, 0.717) is 18.6 Å². The predicted molar refractivity (Wildman–Crippen MR) is 106 cm³/mol. The largest absolute Gasteiger partial charge is 0.507 e. The standard InChI is InChI=1S/C22H32O4/c1-16(2)8-6-12-22(25,13-7-9-17(3)4)15-21(24)19-11-10-18(26-5)14-20(19)23/h8-11,14,23,25H,6-7,12-13,15H2,1-5H3. The van der Waals surface area contributed by atoms with Gasteiger partial charge in [-0.15, -0.1) is 0 Å². The van der Waals surface area contributed by atoms with Crippen molar-refractivity contribution in [3.63, 3.8) is 0 Å². The molecule has 0 atom stereocenters. The van der Waals surface area contributed by atoms with Gasteiger partial charge in [0.15, 0.2) is 5.78 Å². The number of carbonyl (C=O) groups excluding carboxylic acids is 1. The smallest absolute Gasteiger partial charge is 0.169 e. The van der Waals surface area contributed by atoms with Crippen LogP contribution in [0, 0.1) is 0 Å². The van der Waals surface area contributed by atoms with Crippen LogP contribution in [0.25, 0.3) is 0 Å². The zero-order chi connectivity index (χ0) is 19.7. The molecule has 0 aliphatic heterocycles. The number of Topliss-reactive ketones (excluding diaryl/α,β-unsaturated/α-hetero) is 1. The van der Waals surface area contributed by atoms with Crippen molar-refractivity contribution in [1.82, 2.24) is 0 Å². The Morgan fingerprint density at radius 3 is 2.04 bits per heavy atom. The van der Waals surface area contributed by atoms with Crippen LogP contribution in [0.1, 0.15) is 70.2 Å². The number of phenols is 1. The summed E-state index contributed by atoms with van der Waals surface area (Å²) in [5.41, 5.74) is 1.50. The van der Waals surface area contributed by atoms with Crippen molar-refractivity contribution in [2.45, 2.75) is 65.4 Å². The van der Waals surface area contributed by atoms with Gasteiger partial charge in [0.05, 0.1) is 18.3 Å². The highest BCUT2D eigenvalue weighted by atomic mass is 16.5. The number of methoxy groups -OCH3 is 1. The number of aliphatic hydroxyl groups is 1. The molecule has 0 aliphatic rings. The summed E-state index contributed by atoms with van der Waals surface area (Å²) >= 11 is 0. The quantitative estimate of drug-likeness (QED) is 0.445. The molecular formula is C22H32O4. The molecule has 0 saturated carbocycles. The Labute approximate surface area is 157 Å². The van der Waals surface area contributed by atoms with Gasteiger partial charge in [-0.3, -0.25) is 4.79 Å². The lowest BCUT2D eigenvalue weighted by molar-refractivity contribution is 0.0178. The Morgan fingerprint density at radius 2 is 1.62 bits per heavy atom. The summed E-state index contributed by atoms with van der Waals surface area (Å²) in [6.45, 7) is 8.07. The Kier molecular flexibility index (Phi) is 8.59. The summed E-state index contributed by atoms with van der Waals surface area (Å²) in [5.74, 6) is 0.105. The van der Waals surface area contributed by atoms with Crippen LogP contribution >= 0.6 is 0 Å². The van der Waals surface area contributed by atoms with Crippen LogP contribution in [0.15, 0.2) is 41.5 Å². The van der Waals surface area contributed by atoms with E-state index in [4.69, 9.17) is 4.74 Å². The number of phenolic OH excluding ortho intramolecular Hbond substituents is 1. The molecule has 0 bridgehead atoms. The van der Waals surface area contributed by atoms with E-state index < -0.39 is 5.60 Å². The minimum atomic E-state index is -1.10. The number of aromatic hydroxyl groups is 1. The first-order valence-electron chi connectivity index (χ1n) is 9.06. The number of rotatable bonds is 10. The van der Waals surface area contributed by atoms with E-state index in [9.17, 15) is 15.0 Å². The normalized spacial score (nSPS) is 11.0. The van der Waals surface area contributed by atoms with Gasteiger partial charge in [0.2, 0.25) is 0 Å². The highest BCUT2D eigenvalue weighted by Gasteiger charge is 2.30. The van der Waals surface area contributed by atoms with Crippen LogP contribution in [-0.4, -0.2) is 28.7 Å². The van der Waals surface area contributed by atoms with Crippen LogP contribution < -0.4 is 4.74 Å². The van der Waals surface area contributed by atoms with Crippen molar-refractivity contribution >= 4 is 5.78 Å². The molecule has 0 heterocycles. The molecule has 0 fully saturated rings. The maximum Gasteiger partial charge on any atom is 0.169 e. The zero-order valence-corrected chi connectivity index (χ0v) is 16.6. The number of hydrogen-bond donors (Lipinski definition) is 2. The number of hydrogen-bond acceptors (Lipinski definition) is 4. The number of carbonyl (C=O) groups is 1. The van der Waals surface area contributed by atoms with Crippen LogP contribution in [0.5, 0.6) is 11.5 Å². The number of allylic oxidation sites excluding steroid dienone is 4.